The first-order chi connectivity index (χ1) is 13.0. The molecule has 7 heteroatoms. The fourth-order valence-electron chi connectivity index (χ4n) is 4.06. The number of Topliss-reactive ketones (excluding diaryl/α,β-unsaturated/α-hetero) is 1. The molecule has 1 fully saturated rings. The number of carbonyl (C=O) groups is 2. The molecule has 4 rings (SSSR count). The number of benzene rings is 1. The molecule has 146 valence electrons. The van der Waals surface area contributed by atoms with Crippen LogP contribution in [0.2, 0.25) is 0 Å². The van der Waals surface area contributed by atoms with E-state index in [1.165, 1.54) is 34.5 Å². The summed E-state index contributed by atoms with van der Waals surface area (Å²) in [6, 6.07) is 9.63. The Balaban J connectivity index is 2.00. The molecule has 0 radical (unpaired) electrons. The van der Waals surface area contributed by atoms with Crippen LogP contribution in [-0.4, -0.2) is 57.7 Å². The second-order valence-electron chi connectivity index (χ2n) is 6.57. The lowest BCUT2D eigenvalue weighted by molar-refractivity contribution is -0.269. The Kier molecular flexibility index (Phi) is 5.48. The standard InChI is InChI=1S/C20H24O7/c1-23-17(21)14-11-19(24-2)16(27-12-13-8-6-5-7-9-13)10-15(14)20(25-3,26-4)18(19)22/h5-9,11,15-16H,10,12H2,1-4H3/t15-,16-,19+/m1/s1. The molecule has 0 N–H and O–H groups in total. The Bertz CT molecular complexity index is 738. The molecular formula is C20H24O7. The largest absolute Gasteiger partial charge is 0.466 e. The zero-order valence-corrected chi connectivity index (χ0v) is 15.9. The van der Waals surface area contributed by atoms with Gasteiger partial charge in [-0.3, -0.25) is 4.79 Å². The summed E-state index contributed by atoms with van der Waals surface area (Å²) < 4.78 is 27.6. The quantitative estimate of drug-likeness (QED) is 0.529. The SMILES string of the molecule is COC(=O)C1=C[C@@]2(OC)C(=O)C(OC)(OC)[C@@H]1C[C@H]2OCc1ccccc1. The van der Waals surface area contributed by atoms with Gasteiger partial charge in [0.15, 0.2) is 5.60 Å². The third kappa shape index (κ3) is 2.91. The van der Waals surface area contributed by atoms with Gasteiger partial charge in [0.2, 0.25) is 11.6 Å². The second kappa shape index (κ2) is 7.52. The van der Waals surface area contributed by atoms with Gasteiger partial charge in [-0.05, 0) is 18.1 Å². The van der Waals surface area contributed by atoms with Crippen LogP contribution < -0.4 is 0 Å². The van der Waals surface area contributed by atoms with Crippen LogP contribution in [0.3, 0.4) is 0 Å². The van der Waals surface area contributed by atoms with Gasteiger partial charge in [0, 0.05) is 26.9 Å². The highest BCUT2D eigenvalue weighted by atomic mass is 16.7. The number of ether oxygens (including phenoxy) is 5. The van der Waals surface area contributed by atoms with E-state index in [1.807, 2.05) is 30.3 Å². The Hall–Kier alpha value is -2.06. The van der Waals surface area contributed by atoms with E-state index in [0.717, 1.165) is 5.56 Å². The highest BCUT2D eigenvalue weighted by molar-refractivity contribution is 6.04. The number of rotatable bonds is 7. The molecule has 0 saturated heterocycles. The van der Waals surface area contributed by atoms with Crippen molar-refractivity contribution in [1.29, 1.82) is 0 Å². The van der Waals surface area contributed by atoms with Crippen molar-refractivity contribution in [1.82, 2.24) is 0 Å². The minimum atomic E-state index is -1.62. The molecule has 0 heterocycles. The predicted octanol–water partition coefficient (Wildman–Crippen LogP) is 1.65. The second-order valence-corrected chi connectivity index (χ2v) is 6.57. The summed E-state index contributed by atoms with van der Waals surface area (Å²) >= 11 is 0. The van der Waals surface area contributed by atoms with Crippen LogP contribution in [0.5, 0.6) is 0 Å². The van der Waals surface area contributed by atoms with Crippen molar-refractivity contribution in [2.75, 3.05) is 28.4 Å². The number of fused-ring (bicyclic) bond motifs is 2. The van der Waals surface area contributed by atoms with E-state index in [-0.39, 0.29) is 0 Å². The lowest BCUT2D eigenvalue weighted by atomic mass is 9.62. The number of ketones is 1. The highest BCUT2D eigenvalue weighted by Gasteiger charge is 2.69. The smallest absolute Gasteiger partial charge is 0.334 e. The number of hydrogen-bond acceptors (Lipinski definition) is 7. The van der Waals surface area contributed by atoms with Crippen molar-refractivity contribution in [3.63, 3.8) is 0 Å². The van der Waals surface area contributed by atoms with Crippen LogP contribution in [0.15, 0.2) is 42.0 Å². The van der Waals surface area contributed by atoms with Crippen molar-refractivity contribution in [3.05, 3.63) is 47.5 Å². The molecule has 27 heavy (non-hydrogen) atoms. The highest BCUT2D eigenvalue weighted by Crippen LogP contribution is 2.51. The zero-order chi connectivity index (χ0) is 19.7. The van der Waals surface area contributed by atoms with Crippen molar-refractivity contribution in [2.45, 2.75) is 30.5 Å². The summed E-state index contributed by atoms with van der Waals surface area (Å²) in [6.45, 7) is 0.310. The summed E-state index contributed by atoms with van der Waals surface area (Å²) in [5, 5.41) is 0. The molecule has 0 aromatic heterocycles. The third-order valence-electron chi connectivity index (χ3n) is 5.46. The number of esters is 1. The van der Waals surface area contributed by atoms with Crippen LogP contribution in [0.1, 0.15) is 12.0 Å². The third-order valence-corrected chi connectivity index (χ3v) is 5.46. The Morgan fingerprint density at radius 3 is 2.30 bits per heavy atom. The monoisotopic (exact) mass is 376 g/mol. The van der Waals surface area contributed by atoms with Crippen LogP contribution in [0.4, 0.5) is 0 Å². The molecule has 2 bridgehead atoms. The fourth-order valence-corrected chi connectivity index (χ4v) is 4.06. The molecule has 3 atom stereocenters. The molecule has 7 nitrogen and oxygen atoms in total. The lowest BCUT2D eigenvalue weighted by Crippen LogP contribution is -2.72. The van der Waals surface area contributed by atoms with Gasteiger partial charge in [-0.25, -0.2) is 4.79 Å². The van der Waals surface area contributed by atoms with Gasteiger partial charge in [0.05, 0.1) is 25.7 Å². The first-order valence-corrected chi connectivity index (χ1v) is 8.66. The average molecular weight is 376 g/mol. The average Bonchev–Trinajstić information content (AvgIpc) is 2.73. The van der Waals surface area contributed by atoms with E-state index in [4.69, 9.17) is 23.7 Å². The molecular weight excluding hydrogens is 352 g/mol. The minimum Gasteiger partial charge on any atom is -0.466 e. The van der Waals surface area contributed by atoms with Gasteiger partial charge >= 0.3 is 5.97 Å². The summed E-state index contributed by atoms with van der Waals surface area (Å²) in [7, 11) is 5.45. The summed E-state index contributed by atoms with van der Waals surface area (Å²) in [5.41, 5.74) is -0.235. The minimum absolute atomic E-state index is 0.294. The normalized spacial score (nSPS) is 28.7. The van der Waals surface area contributed by atoms with Crippen molar-refractivity contribution in [2.24, 2.45) is 5.92 Å². The first-order valence-electron chi connectivity index (χ1n) is 8.66. The van der Waals surface area contributed by atoms with Crippen LogP contribution in [0, 0.1) is 5.92 Å². The molecule has 0 unspecified atom stereocenters. The summed E-state index contributed by atoms with van der Waals surface area (Å²) in [4.78, 5) is 25.7. The molecule has 0 spiro atoms. The van der Waals surface area contributed by atoms with Crippen LogP contribution in [0.25, 0.3) is 0 Å². The fraction of sp³-hybridized carbons (Fsp3) is 0.500. The van der Waals surface area contributed by atoms with Crippen molar-refractivity contribution >= 4 is 11.8 Å². The maximum atomic E-state index is 13.4. The van der Waals surface area contributed by atoms with E-state index >= 15 is 0 Å². The predicted molar refractivity (Wildman–Crippen MR) is 94.7 cm³/mol. The maximum Gasteiger partial charge on any atom is 0.334 e. The topological polar surface area (TPSA) is 80.3 Å². The Morgan fingerprint density at radius 1 is 1.07 bits per heavy atom. The summed E-state index contributed by atoms with van der Waals surface area (Å²) in [6.07, 6.45) is 1.23. The lowest BCUT2D eigenvalue weighted by Gasteiger charge is -2.54. The van der Waals surface area contributed by atoms with Gasteiger partial charge in [-0.15, -0.1) is 0 Å². The Morgan fingerprint density at radius 2 is 1.74 bits per heavy atom. The van der Waals surface area contributed by atoms with Crippen LogP contribution >= 0.6 is 0 Å². The molecule has 1 aromatic rings. The van der Waals surface area contributed by atoms with E-state index < -0.39 is 35.2 Å². The molecule has 1 aromatic carbocycles. The summed E-state index contributed by atoms with van der Waals surface area (Å²) in [5.74, 6) is -3.26. The van der Waals surface area contributed by atoms with Gasteiger partial charge < -0.3 is 23.7 Å². The molecule has 3 aliphatic rings. The van der Waals surface area contributed by atoms with Gasteiger partial charge in [0.25, 0.3) is 0 Å². The van der Waals surface area contributed by atoms with E-state index in [1.54, 1.807) is 0 Å². The van der Waals surface area contributed by atoms with E-state index in [9.17, 15) is 9.59 Å². The molecule has 3 aliphatic carbocycles. The van der Waals surface area contributed by atoms with Crippen LogP contribution in [-0.2, 0) is 39.9 Å². The Labute approximate surface area is 158 Å². The number of hydrogen-bond donors (Lipinski definition) is 0. The molecule has 0 amide bonds. The van der Waals surface area contributed by atoms with Gasteiger partial charge in [-0.1, -0.05) is 30.3 Å². The first kappa shape index (κ1) is 19.7. The maximum absolute atomic E-state index is 13.4. The van der Waals surface area contributed by atoms with Crippen molar-refractivity contribution in [3.8, 4) is 0 Å². The van der Waals surface area contributed by atoms with E-state index in [0.29, 0.717) is 18.6 Å². The van der Waals surface area contributed by atoms with E-state index in [2.05, 4.69) is 0 Å². The van der Waals surface area contributed by atoms with Gasteiger partial charge in [0.1, 0.15) is 0 Å². The molecule has 0 aliphatic heterocycles. The number of carbonyl (C=O) groups excluding carboxylic acids is 2. The number of methoxy groups -OCH3 is 4. The van der Waals surface area contributed by atoms with Crippen molar-refractivity contribution < 1.29 is 33.3 Å². The zero-order valence-electron chi connectivity index (χ0n) is 15.9. The van der Waals surface area contributed by atoms with Gasteiger partial charge in [-0.2, -0.15) is 0 Å². The molecule has 1 saturated carbocycles.